The van der Waals surface area contributed by atoms with Gasteiger partial charge in [-0.25, -0.2) is 0 Å². The number of Topliss-reactive ketones (excluding diaryl/α,β-unsaturated/α-hetero) is 1. The lowest BCUT2D eigenvalue weighted by atomic mass is 9.72. The first-order chi connectivity index (χ1) is 9.32. The fourth-order valence-corrected chi connectivity index (χ4v) is 6.52. The molecule has 0 spiro atoms. The Morgan fingerprint density at radius 3 is 2.20 bits per heavy atom. The van der Waals surface area contributed by atoms with Crippen molar-refractivity contribution < 1.29 is 14.3 Å². The van der Waals surface area contributed by atoms with Crippen molar-refractivity contribution in [2.45, 2.75) is 34.8 Å². The van der Waals surface area contributed by atoms with Crippen LogP contribution in [0.4, 0.5) is 0 Å². The number of rotatable bonds is 2. The van der Waals surface area contributed by atoms with Crippen molar-refractivity contribution in [3.63, 3.8) is 0 Å². The molecular formula is C13H14Cl4O3. The van der Waals surface area contributed by atoms with Crippen LogP contribution in [0.15, 0.2) is 10.1 Å². The number of ether oxygens (including phenoxy) is 2. The summed E-state index contributed by atoms with van der Waals surface area (Å²) in [5.41, 5.74) is 0. The van der Waals surface area contributed by atoms with Gasteiger partial charge in [0.25, 0.3) is 0 Å². The quantitative estimate of drug-likeness (QED) is 0.557. The van der Waals surface area contributed by atoms with Crippen molar-refractivity contribution in [1.82, 2.24) is 0 Å². The third kappa shape index (κ3) is 1.28. The minimum atomic E-state index is -1.44. The molecule has 20 heavy (non-hydrogen) atoms. The first-order valence-electron chi connectivity index (χ1n) is 6.40. The van der Waals surface area contributed by atoms with E-state index in [9.17, 15) is 4.79 Å². The van der Waals surface area contributed by atoms with Crippen LogP contribution in [0.5, 0.6) is 0 Å². The second kappa shape index (κ2) is 4.50. The molecule has 0 N–H and O–H groups in total. The Hall–Kier alpha value is 0.490. The summed E-state index contributed by atoms with van der Waals surface area (Å²) in [6.07, 6.45) is 1.96. The third-order valence-electron chi connectivity index (χ3n) is 4.99. The van der Waals surface area contributed by atoms with Crippen LogP contribution in [0, 0.1) is 11.8 Å². The summed E-state index contributed by atoms with van der Waals surface area (Å²) in [6, 6.07) is 0. The van der Waals surface area contributed by atoms with Gasteiger partial charge in [0.05, 0.1) is 16.0 Å². The van der Waals surface area contributed by atoms with Crippen LogP contribution >= 0.6 is 46.4 Å². The minimum Gasteiger partial charge on any atom is -0.350 e. The molecule has 0 amide bonds. The van der Waals surface area contributed by atoms with E-state index in [-0.39, 0.29) is 21.8 Å². The summed E-state index contributed by atoms with van der Waals surface area (Å²) in [7, 11) is 2.89. The lowest BCUT2D eigenvalue weighted by Crippen LogP contribution is -2.57. The van der Waals surface area contributed by atoms with E-state index in [1.807, 2.05) is 0 Å². The number of halogens is 4. The van der Waals surface area contributed by atoms with E-state index in [2.05, 4.69) is 0 Å². The Morgan fingerprint density at radius 2 is 1.65 bits per heavy atom. The third-order valence-corrected chi connectivity index (χ3v) is 7.65. The SMILES string of the molecule is COC1(OC)[C@@]2(Cl)C(Cl)=C(Cl)[C@]1(Cl)[C@@H]1CCCC(=O)[C@@H]12. The number of carbonyl (C=O) groups excluding carboxylic acids is 1. The summed E-state index contributed by atoms with van der Waals surface area (Å²) in [5.74, 6) is -2.17. The molecule has 2 fully saturated rings. The van der Waals surface area contributed by atoms with E-state index in [0.717, 1.165) is 12.8 Å². The lowest BCUT2D eigenvalue weighted by Gasteiger charge is -2.41. The van der Waals surface area contributed by atoms with Gasteiger partial charge in [-0.05, 0) is 12.8 Å². The van der Waals surface area contributed by atoms with Gasteiger partial charge in [0.1, 0.15) is 15.5 Å². The van der Waals surface area contributed by atoms with Gasteiger partial charge in [-0.15, -0.1) is 23.2 Å². The fourth-order valence-electron chi connectivity index (χ4n) is 4.27. The van der Waals surface area contributed by atoms with E-state index in [1.165, 1.54) is 14.2 Å². The molecule has 7 heteroatoms. The van der Waals surface area contributed by atoms with Gasteiger partial charge in [-0.1, -0.05) is 23.2 Å². The summed E-state index contributed by atoms with van der Waals surface area (Å²) >= 11 is 26.3. The Morgan fingerprint density at radius 1 is 1.10 bits per heavy atom. The van der Waals surface area contributed by atoms with Crippen molar-refractivity contribution in [2.24, 2.45) is 11.8 Å². The number of methoxy groups -OCH3 is 2. The predicted octanol–water partition coefficient (Wildman–Crippen LogP) is 3.63. The molecule has 2 bridgehead atoms. The van der Waals surface area contributed by atoms with Crippen LogP contribution in [0.1, 0.15) is 19.3 Å². The number of fused-ring (bicyclic) bond motifs is 5. The summed E-state index contributed by atoms with van der Waals surface area (Å²) in [6.45, 7) is 0. The monoisotopic (exact) mass is 358 g/mol. The first kappa shape index (κ1) is 15.4. The predicted molar refractivity (Wildman–Crippen MR) is 78.5 cm³/mol. The van der Waals surface area contributed by atoms with Crippen LogP contribution in [0.2, 0.25) is 0 Å². The number of hydrogen-bond acceptors (Lipinski definition) is 3. The van der Waals surface area contributed by atoms with Crippen molar-refractivity contribution >= 4 is 52.2 Å². The standard InChI is InChI=1S/C13H14Cl4O3/c1-19-13(20-2)11(16)6-4-3-5-7(18)8(6)12(13,17)10(15)9(11)14/h6,8H,3-5H2,1-2H3/t6-,8-,11-,12+/m1/s1. The maximum atomic E-state index is 12.4. The van der Waals surface area contributed by atoms with Crippen LogP contribution < -0.4 is 0 Å². The fraction of sp³-hybridized carbons (Fsp3) is 0.769. The number of carbonyl (C=O) groups is 1. The van der Waals surface area contributed by atoms with Crippen LogP contribution in [-0.2, 0) is 14.3 Å². The highest BCUT2D eigenvalue weighted by atomic mass is 35.5. The molecule has 0 aromatic heterocycles. The molecule has 4 atom stereocenters. The molecule has 112 valence electrons. The molecule has 0 heterocycles. The molecule has 0 radical (unpaired) electrons. The Bertz CT molecular complexity index is 516. The molecule has 0 saturated heterocycles. The summed E-state index contributed by atoms with van der Waals surface area (Å²) < 4.78 is 11.1. The van der Waals surface area contributed by atoms with Crippen LogP contribution in [0.3, 0.4) is 0 Å². The topological polar surface area (TPSA) is 35.5 Å². The van der Waals surface area contributed by atoms with E-state index in [4.69, 9.17) is 55.9 Å². The maximum absolute atomic E-state index is 12.4. The smallest absolute Gasteiger partial charge is 0.218 e. The second-order valence-corrected chi connectivity index (χ2v) is 7.47. The van der Waals surface area contributed by atoms with Gasteiger partial charge in [0, 0.05) is 26.6 Å². The van der Waals surface area contributed by atoms with Gasteiger partial charge >= 0.3 is 0 Å². The van der Waals surface area contributed by atoms with Gasteiger partial charge < -0.3 is 9.47 Å². The van der Waals surface area contributed by atoms with Gasteiger partial charge in [-0.3, -0.25) is 4.79 Å². The van der Waals surface area contributed by atoms with Gasteiger partial charge in [0.2, 0.25) is 5.79 Å². The molecule has 0 aromatic carbocycles. The molecule has 0 unspecified atom stereocenters. The Labute approximate surface area is 137 Å². The normalized spacial score (nSPS) is 46.0. The maximum Gasteiger partial charge on any atom is 0.218 e. The van der Waals surface area contributed by atoms with Crippen molar-refractivity contribution in [3.05, 3.63) is 10.1 Å². The van der Waals surface area contributed by atoms with Crippen LogP contribution in [-0.4, -0.2) is 35.5 Å². The lowest BCUT2D eigenvalue weighted by molar-refractivity contribution is -0.220. The van der Waals surface area contributed by atoms with E-state index in [1.54, 1.807) is 0 Å². The average molecular weight is 360 g/mol. The van der Waals surface area contributed by atoms with E-state index < -0.39 is 21.5 Å². The molecule has 2 saturated carbocycles. The van der Waals surface area contributed by atoms with Gasteiger partial charge in [-0.2, -0.15) is 0 Å². The number of hydrogen-bond donors (Lipinski definition) is 0. The molecule has 3 rings (SSSR count). The van der Waals surface area contributed by atoms with Gasteiger partial charge in [0.15, 0.2) is 0 Å². The van der Waals surface area contributed by atoms with Crippen molar-refractivity contribution in [2.75, 3.05) is 14.2 Å². The summed E-state index contributed by atoms with van der Waals surface area (Å²) in [5, 5.41) is 0.395. The Kier molecular flexibility index (Phi) is 3.46. The number of alkyl halides is 2. The van der Waals surface area contributed by atoms with Crippen molar-refractivity contribution in [1.29, 1.82) is 0 Å². The zero-order valence-electron chi connectivity index (χ0n) is 11.0. The highest BCUT2D eigenvalue weighted by Crippen LogP contribution is 2.75. The summed E-state index contributed by atoms with van der Waals surface area (Å²) in [4.78, 5) is 9.82. The minimum absolute atomic E-state index is 0.0413. The first-order valence-corrected chi connectivity index (χ1v) is 7.91. The second-order valence-electron chi connectivity index (χ2n) is 5.52. The molecule has 3 aliphatic carbocycles. The van der Waals surface area contributed by atoms with E-state index in [0.29, 0.717) is 6.42 Å². The highest BCUT2D eigenvalue weighted by molar-refractivity contribution is 6.52. The van der Waals surface area contributed by atoms with Crippen molar-refractivity contribution in [3.8, 4) is 0 Å². The zero-order chi connectivity index (χ0) is 14.9. The molecule has 0 aromatic rings. The molecule has 0 aliphatic heterocycles. The number of ketones is 1. The molecular weight excluding hydrogens is 346 g/mol. The highest BCUT2D eigenvalue weighted by Gasteiger charge is 2.85. The average Bonchev–Trinajstić information content (AvgIpc) is 2.69. The molecule has 3 nitrogen and oxygen atoms in total. The zero-order valence-corrected chi connectivity index (χ0v) is 14.0. The molecule has 3 aliphatic rings. The van der Waals surface area contributed by atoms with Crippen LogP contribution in [0.25, 0.3) is 0 Å². The van der Waals surface area contributed by atoms with E-state index >= 15 is 0 Å². The Balaban J connectivity index is 2.31. The largest absolute Gasteiger partial charge is 0.350 e.